The number of hydrogen-bond donors (Lipinski definition) is 1. The van der Waals surface area contributed by atoms with Crippen molar-refractivity contribution < 1.29 is 27.5 Å². The molecule has 0 spiro atoms. The van der Waals surface area contributed by atoms with Crippen molar-refractivity contribution in [1.29, 1.82) is 0 Å². The van der Waals surface area contributed by atoms with E-state index in [1.807, 2.05) is 12.1 Å². The summed E-state index contributed by atoms with van der Waals surface area (Å²) in [4.78, 5) is 33.4. The van der Waals surface area contributed by atoms with E-state index in [4.69, 9.17) is 9.47 Å². The lowest BCUT2D eigenvalue weighted by molar-refractivity contribution is -0.146. The van der Waals surface area contributed by atoms with Crippen molar-refractivity contribution in [2.45, 2.75) is 17.4 Å². The highest BCUT2D eigenvalue weighted by Crippen LogP contribution is 2.31. The third-order valence-corrected chi connectivity index (χ3v) is 7.38. The summed E-state index contributed by atoms with van der Waals surface area (Å²) in [6.45, 7) is 1.97. The Morgan fingerprint density at radius 3 is 2.44 bits per heavy atom. The van der Waals surface area contributed by atoms with E-state index in [0.717, 1.165) is 0 Å². The summed E-state index contributed by atoms with van der Waals surface area (Å²) in [7, 11) is -3.60. The molecule has 3 heterocycles. The summed E-state index contributed by atoms with van der Waals surface area (Å²) < 4.78 is 38.2. The first-order valence-corrected chi connectivity index (χ1v) is 12.5. The molecule has 0 radical (unpaired) electrons. The zero-order chi connectivity index (χ0) is 23.7. The molecule has 1 N–H and O–H groups in total. The summed E-state index contributed by atoms with van der Waals surface area (Å²) in [6, 6.07) is 13.8. The number of ether oxygens (including phenoxy) is 2. The molecule has 0 bridgehead atoms. The van der Waals surface area contributed by atoms with E-state index in [1.54, 1.807) is 40.1 Å². The van der Waals surface area contributed by atoms with Crippen molar-refractivity contribution in [3.8, 4) is 11.5 Å². The maximum atomic E-state index is 12.9. The van der Waals surface area contributed by atoms with Crippen LogP contribution in [0, 0.1) is 0 Å². The van der Waals surface area contributed by atoms with Crippen molar-refractivity contribution in [3.05, 3.63) is 54.1 Å². The first kappa shape index (κ1) is 22.2. The highest BCUT2D eigenvalue weighted by atomic mass is 32.2. The van der Waals surface area contributed by atoms with Gasteiger partial charge in [-0.25, -0.2) is 8.42 Å². The van der Waals surface area contributed by atoms with Crippen LogP contribution in [0.15, 0.2) is 58.4 Å². The summed E-state index contributed by atoms with van der Waals surface area (Å²) in [5, 5.41) is 0. The fourth-order valence-corrected chi connectivity index (χ4v) is 5.44. The third kappa shape index (κ3) is 4.30. The van der Waals surface area contributed by atoms with E-state index >= 15 is 0 Å². The first-order chi connectivity index (χ1) is 16.4. The van der Waals surface area contributed by atoms with Crippen molar-refractivity contribution >= 4 is 27.7 Å². The highest BCUT2D eigenvalue weighted by molar-refractivity contribution is 7.90. The van der Waals surface area contributed by atoms with E-state index in [2.05, 4.69) is 9.71 Å². The number of rotatable bonds is 4. The summed E-state index contributed by atoms with van der Waals surface area (Å²) in [5.41, 5.74) is 0.513. The van der Waals surface area contributed by atoms with Crippen LogP contribution >= 0.6 is 0 Å². The quantitative estimate of drug-likeness (QED) is 0.680. The van der Waals surface area contributed by atoms with Crippen LogP contribution in [0.5, 0.6) is 11.5 Å². The Bertz CT molecular complexity index is 1250. The smallest absolute Gasteiger partial charge is 0.267 e. The summed E-state index contributed by atoms with van der Waals surface area (Å²) in [5.74, 6) is 1.20. The van der Waals surface area contributed by atoms with Crippen LogP contribution in [0.3, 0.4) is 0 Å². The van der Waals surface area contributed by atoms with Gasteiger partial charge in [0, 0.05) is 38.2 Å². The van der Waals surface area contributed by atoms with Crippen LogP contribution in [-0.2, 0) is 19.6 Å². The molecule has 178 valence electrons. The zero-order valence-corrected chi connectivity index (χ0v) is 19.2. The second kappa shape index (κ2) is 8.98. The van der Waals surface area contributed by atoms with Crippen molar-refractivity contribution in [2.24, 2.45) is 4.99 Å². The lowest BCUT2D eigenvalue weighted by Crippen LogP contribution is -2.55. The molecule has 0 aliphatic carbocycles. The Labute approximate surface area is 197 Å². The number of aliphatic imine (C=N–C) groups is 1. The van der Waals surface area contributed by atoms with Crippen LogP contribution in [0.2, 0.25) is 0 Å². The number of fused-ring (bicyclic) bond motifs is 2. The lowest BCUT2D eigenvalue weighted by Gasteiger charge is -2.37. The number of carbonyl (C=O) groups is 2. The summed E-state index contributed by atoms with van der Waals surface area (Å²) in [6.07, 6.45) is -0.552. The molecule has 11 heteroatoms. The third-order valence-electron chi connectivity index (χ3n) is 5.99. The molecule has 0 saturated carbocycles. The highest BCUT2D eigenvalue weighted by Gasteiger charge is 2.33. The number of nitrogens with zero attached hydrogens (tertiary/aromatic N) is 3. The van der Waals surface area contributed by atoms with E-state index < -0.39 is 16.1 Å². The molecule has 3 aliphatic rings. The van der Waals surface area contributed by atoms with Crippen molar-refractivity contribution in [3.63, 3.8) is 0 Å². The predicted molar refractivity (Wildman–Crippen MR) is 122 cm³/mol. The minimum atomic E-state index is -3.60. The minimum absolute atomic E-state index is 0.0863. The second-order valence-corrected chi connectivity index (χ2v) is 9.80. The maximum Gasteiger partial charge on any atom is 0.267 e. The van der Waals surface area contributed by atoms with Crippen LogP contribution in [0.25, 0.3) is 0 Å². The largest absolute Gasteiger partial charge is 0.485 e. The number of amides is 2. The molecule has 5 rings (SSSR count). The number of amidine groups is 1. The lowest BCUT2D eigenvalue weighted by atomic mass is 10.2. The molecular weight excluding hydrogens is 460 g/mol. The Morgan fingerprint density at radius 2 is 1.65 bits per heavy atom. The number of carbonyl (C=O) groups excluding carboxylic acids is 2. The van der Waals surface area contributed by atoms with Gasteiger partial charge in [-0.2, -0.15) is 0 Å². The normalized spacial score (nSPS) is 21.6. The molecular formula is C23H24N4O6S. The minimum Gasteiger partial charge on any atom is -0.485 e. The van der Waals surface area contributed by atoms with E-state index in [1.165, 1.54) is 6.07 Å². The van der Waals surface area contributed by atoms with Gasteiger partial charge in [0.25, 0.3) is 15.9 Å². The van der Waals surface area contributed by atoms with Gasteiger partial charge in [-0.3, -0.25) is 19.3 Å². The molecule has 3 aliphatic heterocycles. The molecule has 2 aromatic carbocycles. The predicted octanol–water partition coefficient (Wildman–Crippen LogP) is 0.626. The zero-order valence-electron chi connectivity index (χ0n) is 18.3. The molecule has 2 amide bonds. The molecule has 34 heavy (non-hydrogen) atoms. The Morgan fingerprint density at radius 1 is 0.971 bits per heavy atom. The fourth-order valence-electron chi connectivity index (χ4n) is 4.19. The van der Waals surface area contributed by atoms with Crippen LogP contribution in [0.1, 0.15) is 12.0 Å². The maximum absolute atomic E-state index is 12.9. The van der Waals surface area contributed by atoms with Gasteiger partial charge >= 0.3 is 0 Å². The number of para-hydroxylation sites is 2. The first-order valence-electron chi connectivity index (χ1n) is 11.0. The van der Waals surface area contributed by atoms with Gasteiger partial charge in [0.05, 0.1) is 11.4 Å². The van der Waals surface area contributed by atoms with Gasteiger partial charge in [0.15, 0.2) is 11.5 Å². The molecule has 0 unspecified atom stereocenters. The number of benzene rings is 2. The van der Waals surface area contributed by atoms with Gasteiger partial charge in [-0.15, -0.1) is 0 Å². The fraction of sp³-hybridized carbons (Fsp3) is 0.348. The number of piperazine rings is 1. The van der Waals surface area contributed by atoms with E-state index in [-0.39, 0.29) is 42.1 Å². The van der Waals surface area contributed by atoms with Gasteiger partial charge in [0.2, 0.25) is 12.0 Å². The summed E-state index contributed by atoms with van der Waals surface area (Å²) >= 11 is 0. The molecule has 10 nitrogen and oxygen atoms in total. The average molecular weight is 485 g/mol. The topological polar surface area (TPSA) is 118 Å². The molecule has 1 fully saturated rings. The average Bonchev–Trinajstić information content (AvgIpc) is 3.13. The Kier molecular flexibility index (Phi) is 5.86. The SMILES string of the molecule is O=C(CCN=C1NS(=O)(=O)c2ccccc21)N1CCN(C(=O)[C@@H]2COc3ccccc3O2)CC1. The molecule has 2 aromatic rings. The van der Waals surface area contributed by atoms with Crippen LogP contribution in [-0.4, -0.2) is 81.3 Å². The van der Waals surface area contributed by atoms with Gasteiger partial charge in [0.1, 0.15) is 12.4 Å². The van der Waals surface area contributed by atoms with Crippen LogP contribution < -0.4 is 14.2 Å². The Balaban J connectivity index is 1.11. The number of hydrogen-bond acceptors (Lipinski definition) is 7. The Hall–Kier alpha value is -3.60. The van der Waals surface area contributed by atoms with Gasteiger partial charge < -0.3 is 19.3 Å². The number of nitrogens with one attached hydrogen (secondary N) is 1. The van der Waals surface area contributed by atoms with Crippen LogP contribution in [0.4, 0.5) is 0 Å². The van der Waals surface area contributed by atoms with Gasteiger partial charge in [-0.05, 0) is 24.3 Å². The van der Waals surface area contributed by atoms with E-state index in [0.29, 0.717) is 43.2 Å². The second-order valence-electron chi connectivity index (χ2n) is 8.15. The van der Waals surface area contributed by atoms with Crippen molar-refractivity contribution in [2.75, 3.05) is 39.3 Å². The van der Waals surface area contributed by atoms with Gasteiger partial charge in [-0.1, -0.05) is 24.3 Å². The van der Waals surface area contributed by atoms with Crippen molar-refractivity contribution in [1.82, 2.24) is 14.5 Å². The monoisotopic (exact) mass is 484 g/mol. The molecule has 0 aromatic heterocycles. The standard InChI is InChI=1S/C23H24N4O6S/c28-21(9-10-24-22-16-5-1-4-8-20(16)34(30,31)25-22)26-11-13-27(14-12-26)23(29)19-15-32-17-6-2-3-7-18(17)33-19/h1-8,19H,9-15H2,(H,24,25)/t19-/m0/s1. The number of sulfonamides is 1. The van der Waals surface area contributed by atoms with E-state index in [9.17, 15) is 18.0 Å². The molecule has 1 atom stereocenters. The molecule has 1 saturated heterocycles.